The average Bonchev–Trinajstić information content (AvgIpc) is 3.31. The van der Waals surface area contributed by atoms with Crippen LogP contribution in [-0.2, 0) is 16.1 Å². The molecule has 0 saturated carbocycles. The van der Waals surface area contributed by atoms with E-state index < -0.39 is 24.3 Å². The van der Waals surface area contributed by atoms with E-state index >= 15 is 0 Å². The van der Waals surface area contributed by atoms with Gasteiger partial charge >= 0.3 is 18.0 Å². The van der Waals surface area contributed by atoms with E-state index in [1.54, 1.807) is 12.4 Å². The van der Waals surface area contributed by atoms with Gasteiger partial charge in [-0.2, -0.15) is 0 Å². The third-order valence-corrected chi connectivity index (χ3v) is 6.05. The molecule has 2 aromatic heterocycles. The maximum absolute atomic E-state index is 13.3. The second kappa shape index (κ2) is 10.3. The van der Waals surface area contributed by atoms with Gasteiger partial charge < -0.3 is 10.1 Å². The van der Waals surface area contributed by atoms with Gasteiger partial charge in [-0.25, -0.2) is 19.5 Å². The Bertz CT molecular complexity index is 1170. The molecule has 4 amide bonds. The van der Waals surface area contributed by atoms with Gasteiger partial charge in [-0.1, -0.05) is 29.8 Å². The fraction of sp³-hybridized carbons (Fsp3) is 0.261. The number of carbonyl (C=O) groups is 3. The Kier molecular flexibility index (Phi) is 7.02. The SMILES string of the molecule is COC(=O)CCN1C(=O)NC(Nc2nc(-c3ccncc3)cs2)N(Cc2ccc(C)cc2)C1=O. The molecule has 3 heterocycles. The monoisotopic (exact) mass is 480 g/mol. The maximum atomic E-state index is 13.3. The van der Waals surface area contributed by atoms with Crippen LogP contribution in [0.25, 0.3) is 11.3 Å². The molecule has 1 atom stereocenters. The fourth-order valence-corrected chi connectivity index (χ4v) is 4.15. The van der Waals surface area contributed by atoms with E-state index in [9.17, 15) is 14.4 Å². The largest absolute Gasteiger partial charge is 0.469 e. The topological polar surface area (TPSA) is 117 Å². The van der Waals surface area contributed by atoms with Gasteiger partial charge in [-0.15, -0.1) is 11.3 Å². The lowest BCUT2D eigenvalue weighted by Crippen LogP contribution is -2.67. The quantitative estimate of drug-likeness (QED) is 0.475. The number of aromatic nitrogens is 2. The van der Waals surface area contributed by atoms with Crippen molar-refractivity contribution in [3.63, 3.8) is 0 Å². The zero-order valence-corrected chi connectivity index (χ0v) is 19.5. The van der Waals surface area contributed by atoms with Crippen molar-refractivity contribution in [2.24, 2.45) is 0 Å². The Morgan fingerprint density at radius 3 is 2.62 bits per heavy atom. The number of methoxy groups -OCH3 is 1. The van der Waals surface area contributed by atoms with Crippen molar-refractivity contribution < 1.29 is 19.1 Å². The number of amides is 4. The third-order valence-electron chi connectivity index (χ3n) is 5.27. The van der Waals surface area contributed by atoms with Gasteiger partial charge in [0.05, 0.1) is 25.8 Å². The molecule has 34 heavy (non-hydrogen) atoms. The van der Waals surface area contributed by atoms with E-state index in [4.69, 9.17) is 0 Å². The highest BCUT2D eigenvalue weighted by atomic mass is 32.1. The molecule has 1 aromatic carbocycles. The summed E-state index contributed by atoms with van der Waals surface area (Å²) in [5, 5.41) is 8.39. The first-order chi connectivity index (χ1) is 16.4. The minimum absolute atomic E-state index is 0.0854. The zero-order chi connectivity index (χ0) is 24.1. The molecule has 3 aromatic rings. The van der Waals surface area contributed by atoms with Crippen molar-refractivity contribution in [1.29, 1.82) is 0 Å². The molecule has 2 N–H and O–H groups in total. The van der Waals surface area contributed by atoms with Crippen LogP contribution in [-0.4, -0.2) is 57.7 Å². The molecule has 4 rings (SSSR count). The van der Waals surface area contributed by atoms with Crippen molar-refractivity contribution in [3.05, 3.63) is 65.3 Å². The van der Waals surface area contributed by atoms with Gasteiger partial charge in [0.1, 0.15) is 0 Å². The molecule has 1 fully saturated rings. The number of rotatable bonds is 8. The second-order valence-corrected chi connectivity index (χ2v) is 8.50. The number of benzene rings is 1. The lowest BCUT2D eigenvalue weighted by Gasteiger charge is -2.40. The summed E-state index contributed by atoms with van der Waals surface area (Å²) in [5.74, 6) is -0.502. The van der Waals surface area contributed by atoms with Gasteiger partial charge in [0.2, 0.25) is 0 Å². The van der Waals surface area contributed by atoms with E-state index in [1.807, 2.05) is 48.7 Å². The molecule has 1 aliphatic rings. The van der Waals surface area contributed by atoms with Crippen LogP contribution in [0.15, 0.2) is 54.2 Å². The number of nitrogens with zero attached hydrogens (tertiary/aromatic N) is 4. The number of thiazole rings is 1. The van der Waals surface area contributed by atoms with E-state index in [0.717, 1.165) is 27.3 Å². The van der Waals surface area contributed by atoms with Crippen LogP contribution in [0, 0.1) is 6.92 Å². The first-order valence-corrected chi connectivity index (χ1v) is 11.5. The molecule has 0 aliphatic carbocycles. The van der Waals surface area contributed by atoms with Gasteiger partial charge in [-0.3, -0.25) is 20.0 Å². The van der Waals surface area contributed by atoms with Gasteiger partial charge in [0.25, 0.3) is 0 Å². The van der Waals surface area contributed by atoms with E-state index in [1.165, 1.54) is 23.3 Å². The molecule has 11 heteroatoms. The summed E-state index contributed by atoms with van der Waals surface area (Å²) in [6, 6.07) is 10.4. The summed E-state index contributed by atoms with van der Waals surface area (Å²) < 4.78 is 4.64. The number of nitrogens with one attached hydrogen (secondary N) is 2. The standard InChI is InChI=1S/C23H24N6O4S/c1-15-3-5-16(6-4-15)13-29-20(27-22(31)28(23(29)32)12-9-19(30)33-2)26-21-25-18(14-34-21)17-7-10-24-11-8-17/h3-8,10-11,14,20H,9,12-13H2,1-2H3,(H,25,26)(H,27,31). The molecule has 1 unspecified atom stereocenters. The Labute approximate surface area is 200 Å². The lowest BCUT2D eigenvalue weighted by atomic mass is 10.1. The molecule has 0 spiro atoms. The summed E-state index contributed by atoms with van der Waals surface area (Å²) in [7, 11) is 1.26. The molecular weight excluding hydrogens is 456 g/mol. The number of pyridine rings is 1. The van der Waals surface area contributed by atoms with Crippen molar-refractivity contribution in [1.82, 2.24) is 25.1 Å². The van der Waals surface area contributed by atoms with Crippen LogP contribution >= 0.6 is 11.3 Å². The molecule has 1 aliphatic heterocycles. The number of imide groups is 1. The summed E-state index contributed by atoms with van der Waals surface area (Å²) in [6.45, 7) is 2.14. The third kappa shape index (κ3) is 5.31. The minimum atomic E-state index is -0.827. The van der Waals surface area contributed by atoms with E-state index in [0.29, 0.717) is 5.13 Å². The highest BCUT2D eigenvalue weighted by molar-refractivity contribution is 7.14. The fourth-order valence-electron chi connectivity index (χ4n) is 3.40. The summed E-state index contributed by atoms with van der Waals surface area (Å²) >= 11 is 1.36. The molecule has 176 valence electrons. The van der Waals surface area contributed by atoms with Crippen molar-refractivity contribution in [2.75, 3.05) is 19.0 Å². The molecule has 10 nitrogen and oxygen atoms in total. The molecule has 1 saturated heterocycles. The van der Waals surface area contributed by atoms with Crippen LogP contribution in [0.2, 0.25) is 0 Å². The number of aryl methyl sites for hydroxylation is 1. The first-order valence-electron chi connectivity index (χ1n) is 10.6. The van der Waals surface area contributed by atoms with Crippen LogP contribution < -0.4 is 10.6 Å². The normalized spacial score (nSPS) is 15.8. The van der Waals surface area contributed by atoms with Gasteiger partial charge in [-0.05, 0) is 24.6 Å². The highest BCUT2D eigenvalue weighted by Crippen LogP contribution is 2.26. The number of hydrogen-bond donors (Lipinski definition) is 2. The number of ether oxygens (including phenoxy) is 1. The number of carbonyl (C=O) groups excluding carboxylic acids is 3. The van der Waals surface area contributed by atoms with E-state index in [2.05, 4.69) is 25.3 Å². The van der Waals surface area contributed by atoms with Crippen LogP contribution in [0.5, 0.6) is 0 Å². The van der Waals surface area contributed by atoms with E-state index in [-0.39, 0.29) is 19.5 Å². The molecule has 0 radical (unpaired) electrons. The first kappa shape index (κ1) is 23.2. The smallest absolute Gasteiger partial charge is 0.331 e. The Hall–Kier alpha value is -3.99. The minimum Gasteiger partial charge on any atom is -0.469 e. The predicted molar refractivity (Wildman–Crippen MR) is 127 cm³/mol. The number of hydrogen-bond acceptors (Lipinski definition) is 8. The average molecular weight is 481 g/mol. The maximum Gasteiger partial charge on any atom is 0.331 e. The van der Waals surface area contributed by atoms with Crippen LogP contribution in [0.4, 0.5) is 14.7 Å². The summed E-state index contributed by atoms with van der Waals surface area (Å²) in [4.78, 5) is 48.7. The Morgan fingerprint density at radius 1 is 1.18 bits per heavy atom. The van der Waals surface area contributed by atoms with Crippen LogP contribution in [0.1, 0.15) is 17.5 Å². The van der Waals surface area contributed by atoms with Crippen molar-refractivity contribution in [3.8, 4) is 11.3 Å². The van der Waals surface area contributed by atoms with Crippen molar-refractivity contribution >= 4 is 34.5 Å². The lowest BCUT2D eigenvalue weighted by molar-refractivity contribution is -0.140. The number of urea groups is 2. The van der Waals surface area contributed by atoms with Crippen LogP contribution in [0.3, 0.4) is 0 Å². The highest BCUT2D eigenvalue weighted by Gasteiger charge is 2.38. The Balaban J connectivity index is 1.56. The summed E-state index contributed by atoms with van der Waals surface area (Å²) in [5.41, 5.74) is 3.66. The zero-order valence-electron chi connectivity index (χ0n) is 18.7. The summed E-state index contributed by atoms with van der Waals surface area (Å²) in [6.07, 6.45) is 2.46. The van der Waals surface area contributed by atoms with Gasteiger partial charge in [0.15, 0.2) is 11.4 Å². The van der Waals surface area contributed by atoms with Gasteiger partial charge in [0, 0.05) is 29.9 Å². The second-order valence-electron chi connectivity index (χ2n) is 7.64. The number of esters is 1. The predicted octanol–water partition coefficient (Wildman–Crippen LogP) is 3.42. The Morgan fingerprint density at radius 2 is 1.91 bits per heavy atom. The van der Waals surface area contributed by atoms with Crippen molar-refractivity contribution in [2.45, 2.75) is 26.2 Å². The number of anilines is 1. The molecule has 0 bridgehead atoms. The molecular formula is C23H24N6O4S.